The van der Waals surface area contributed by atoms with Gasteiger partial charge < -0.3 is 19.9 Å². The monoisotopic (exact) mass is 378 g/mol. The highest BCUT2D eigenvalue weighted by atomic mass is 16.6. The first kappa shape index (κ1) is 21.2. The van der Waals surface area contributed by atoms with Crippen molar-refractivity contribution in [1.82, 2.24) is 4.90 Å². The van der Waals surface area contributed by atoms with Crippen molar-refractivity contribution in [2.24, 2.45) is 5.73 Å². The van der Waals surface area contributed by atoms with Crippen LogP contribution in [-0.2, 0) is 25.6 Å². The molecule has 150 valence electrons. The summed E-state index contributed by atoms with van der Waals surface area (Å²) in [5.74, 6) is -0.405. The molecule has 27 heavy (non-hydrogen) atoms. The van der Waals surface area contributed by atoms with Crippen LogP contribution < -0.4 is 5.73 Å². The van der Waals surface area contributed by atoms with Gasteiger partial charge in [0.25, 0.3) is 0 Å². The van der Waals surface area contributed by atoms with E-state index in [4.69, 9.17) is 19.9 Å². The van der Waals surface area contributed by atoms with Crippen LogP contribution in [0.5, 0.6) is 0 Å². The van der Waals surface area contributed by atoms with Crippen LogP contribution >= 0.6 is 0 Å². The molecule has 1 amide bonds. The Morgan fingerprint density at radius 3 is 2.52 bits per heavy atom. The number of amides is 1. The van der Waals surface area contributed by atoms with E-state index in [2.05, 4.69) is 0 Å². The summed E-state index contributed by atoms with van der Waals surface area (Å²) < 4.78 is 16.5. The number of nitrogens with zero attached hydrogens (tertiary/aromatic N) is 1. The Kier molecular flexibility index (Phi) is 6.49. The van der Waals surface area contributed by atoms with E-state index in [1.54, 1.807) is 34.6 Å². The first-order valence-electron chi connectivity index (χ1n) is 9.11. The lowest BCUT2D eigenvalue weighted by Gasteiger charge is -2.34. The van der Waals surface area contributed by atoms with Crippen molar-refractivity contribution in [1.29, 1.82) is 0 Å². The normalized spacial score (nSPS) is 20.2. The topological polar surface area (TPSA) is 91.1 Å². The third kappa shape index (κ3) is 5.94. The van der Waals surface area contributed by atoms with Crippen molar-refractivity contribution in [3.8, 4) is 0 Å². The van der Waals surface area contributed by atoms with Gasteiger partial charge in [-0.25, -0.2) is 4.79 Å². The number of hydrogen-bond donors (Lipinski definition) is 1. The SMILES string of the molecule is CC(C)(C)OC(=O)C[C@@H](N)[C@@H]1COC(C)(C)N1C(=O)OCc1ccccc1. The maximum atomic E-state index is 12.7. The summed E-state index contributed by atoms with van der Waals surface area (Å²) in [6.07, 6.45) is -0.532. The zero-order chi connectivity index (χ0) is 20.2. The Labute approximate surface area is 160 Å². The first-order chi connectivity index (χ1) is 12.5. The Balaban J connectivity index is 2.02. The quantitative estimate of drug-likeness (QED) is 0.792. The van der Waals surface area contributed by atoms with Crippen molar-refractivity contribution in [2.75, 3.05) is 6.61 Å². The maximum absolute atomic E-state index is 12.7. The number of carbonyl (C=O) groups is 2. The second kappa shape index (κ2) is 8.27. The number of hydrogen-bond acceptors (Lipinski definition) is 6. The van der Waals surface area contributed by atoms with Gasteiger partial charge in [-0.05, 0) is 40.2 Å². The van der Waals surface area contributed by atoms with Gasteiger partial charge in [-0.2, -0.15) is 0 Å². The maximum Gasteiger partial charge on any atom is 0.412 e. The second-order valence-electron chi connectivity index (χ2n) is 8.19. The fourth-order valence-electron chi connectivity index (χ4n) is 3.00. The minimum absolute atomic E-state index is 0.0101. The van der Waals surface area contributed by atoms with Crippen LogP contribution in [0.3, 0.4) is 0 Å². The molecule has 1 aliphatic heterocycles. The lowest BCUT2D eigenvalue weighted by atomic mass is 10.0. The standard InChI is InChI=1S/C20H30N2O5/c1-19(2,3)27-17(23)11-15(21)16-13-26-20(4,5)22(16)18(24)25-12-14-9-7-6-8-10-14/h6-10,15-16H,11-13,21H2,1-5H3/t15-,16+/m1/s1. The van der Waals surface area contributed by atoms with E-state index < -0.39 is 35.5 Å². The molecule has 0 saturated carbocycles. The molecule has 2 atom stereocenters. The average molecular weight is 378 g/mol. The van der Waals surface area contributed by atoms with Crippen LogP contribution in [0.25, 0.3) is 0 Å². The van der Waals surface area contributed by atoms with E-state index in [1.807, 2.05) is 30.3 Å². The zero-order valence-electron chi connectivity index (χ0n) is 16.7. The van der Waals surface area contributed by atoms with E-state index >= 15 is 0 Å². The highest BCUT2D eigenvalue weighted by molar-refractivity contribution is 5.72. The van der Waals surface area contributed by atoms with Gasteiger partial charge in [0.15, 0.2) is 0 Å². The molecule has 0 spiro atoms. The van der Waals surface area contributed by atoms with Crippen molar-refractivity contribution >= 4 is 12.1 Å². The Bertz CT molecular complexity index is 654. The molecule has 7 nitrogen and oxygen atoms in total. The van der Waals surface area contributed by atoms with Gasteiger partial charge in [-0.1, -0.05) is 30.3 Å². The molecule has 1 aromatic carbocycles. The summed E-state index contributed by atoms with van der Waals surface area (Å²) in [5.41, 5.74) is 5.65. The van der Waals surface area contributed by atoms with Gasteiger partial charge in [-0.15, -0.1) is 0 Å². The lowest BCUT2D eigenvalue weighted by Crippen LogP contribution is -2.54. The van der Waals surface area contributed by atoms with Crippen molar-refractivity contribution in [3.05, 3.63) is 35.9 Å². The Morgan fingerprint density at radius 2 is 1.93 bits per heavy atom. The molecule has 1 fully saturated rings. The van der Waals surface area contributed by atoms with Crippen LogP contribution in [-0.4, -0.2) is 47.0 Å². The minimum Gasteiger partial charge on any atom is -0.460 e. The predicted octanol–water partition coefficient (Wildman–Crippen LogP) is 2.82. The fourth-order valence-corrected chi connectivity index (χ4v) is 3.00. The number of ether oxygens (including phenoxy) is 3. The highest BCUT2D eigenvalue weighted by Crippen LogP contribution is 2.30. The summed E-state index contributed by atoms with van der Waals surface area (Å²) in [6, 6.07) is 8.32. The summed E-state index contributed by atoms with van der Waals surface area (Å²) in [4.78, 5) is 26.3. The van der Waals surface area contributed by atoms with Gasteiger partial charge in [0, 0.05) is 6.04 Å². The molecule has 2 rings (SSSR count). The van der Waals surface area contributed by atoms with E-state index in [9.17, 15) is 9.59 Å². The Hall–Kier alpha value is -2.12. The van der Waals surface area contributed by atoms with E-state index in [0.29, 0.717) is 0 Å². The summed E-state index contributed by atoms with van der Waals surface area (Å²) in [5, 5.41) is 0. The van der Waals surface area contributed by atoms with Gasteiger partial charge in [0.2, 0.25) is 0 Å². The third-order valence-electron chi connectivity index (χ3n) is 4.24. The van der Waals surface area contributed by atoms with Crippen LogP contribution in [0.4, 0.5) is 4.79 Å². The molecular formula is C20H30N2O5. The van der Waals surface area contributed by atoms with Crippen LogP contribution in [0.1, 0.15) is 46.6 Å². The summed E-state index contributed by atoms with van der Waals surface area (Å²) >= 11 is 0. The number of nitrogens with two attached hydrogens (primary N) is 1. The van der Waals surface area contributed by atoms with E-state index in [1.165, 1.54) is 4.90 Å². The molecule has 0 bridgehead atoms. The molecular weight excluding hydrogens is 348 g/mol. The molecule has 1 heterocycles. The van der Waals surface area contributed by atoms with E-state index in [-0.39, 0.29) is 19.6 Å². The number of esters is 1. The van der Waals surface area contributed by atoms with Crippen molar-refractivity contribution in [2.45, 2.75) is 71.1 Å². The molecule has 1 aromatic rings. The average Bonchev–Trinajstić information content (AvgIpc) is 2.87. The third-order valence-corrected chi connectivity index (χ3v) is 4.24. The van der Waals surface area contributed by atoms with Crippen LogP contribution in [0.2, 0.25) is 0 Å². The molecule has 7 heteroatoms. The number of rotatable bonds is 5. The van der Waals surface area contributed by atoms with Crippen LogP contribution in [0, 0.1) is 0 Å². The second-order valence-corrected chi connectivity index (χ2v) is 8.19. The highest BCUT2D eigenvalue weighted by Gasteiger charge is 2.47. The minimum atomic E-state index is -0.871. The molecule has 1 aliphatic rings. The molecule has 2 N–H and O–H groups in total. The molecule has 1 saturated heterocycles. The first-order valence-corrected chi connectivity index (χ1v) is 9.11. The molecule has 0 aliphatic carbocycles. The molecule has 0 unspecified atom stereocenters. The smallest absolute Gasteiger partial charge is 0.412 e. The van der Waals surface area contributed by atoms with Crippen molar-refractivity contribution in [3.63, 3.8) is 0 Å². The van der Waals surface area contributed by atoms with Gasteiger partial charge in [-0.3, -0.25) is 9.69 Å². The van der Waals surface area contributed by atoms with Gasteiger partial charge in [0.05, 0.1) is 19.1 Å². The summed E-state index contributed by atoms with van der Waals surface area (Å²) in [7, 11) is 0. The largest absolute Gasteiger partial charge is 0.460 e. The Morgan fingerprint density at radius 1 is 1.30 bits per heavy atom. The zero-order valence-corrected chi connectivity index (χ0v) is 16.7. The fraction of sp³-hybridized carbons (Fsp3) is 0.600. The predicted molar refractivity (Wildman–Crippen MR) is 101 cm³/mol. The van der Waals surface area contributed by atoms with E-state index in [0.717, 1.165) is 5.56 Å². The summed E-state index contributed by atoms with van der Waals surface area (Å²) in [6.45, 7) is 9.33. The number of carbonyl (C=O) groups excluding carboxylic acids is 2. The lowest BCUT2D eigenvalue weighted by molar-refractivity contribution is -0.155. The van der Waals surface area contributed by atoms with Gasteiger partial charge >= 0.3 is 12.1 Å². The number of benzene rings is 1. The van der Waals surface area contributed by atoms with Crippen molar-refractivity contribution < 1.29 is 23.8 Å². The van der Waals surface area contributed by atoms with Crippen LogP contribution in [0.15, 0.2) is 30.3 Å². The van der Waals surface area contributed by atoms with Gasteiger partial charge in [0.1, 0.15) is 17.9 Å². The molecule has 0 radical (unpaired) electrons. The molecule has 0 aromatic heterocycles.